The molecule has 1 fully saturated rings. The number of para-hydroxylation sites is 1. The third kappa shape index (κ3) is 5.17. The molecular weight excluding hydrogens is 384 g/mol. The lowest BCUT2D eigenvalue weighted by Gasteiger charge is -2.05. The first-order chi connectivity index (χ1) is 14.2. The summed E-state index contributed by atoms with van der Waals surface area (Å²) in [5, 5.41) is 8.25. The number of nitrogens with one attached hydrogen (secondary N) is 1. The normalized spacial score (nSPS) is 13.3. The highest BCUT2D eigenvalue weighted by Crippen LogP contribution is 2.40. The van der Waals surface area contributed by atoms with Crippen molar-refractivity contribution in [3.05, 3.63) is 66.0 Å². The van der Waals surface area contributed by atoms with Crippen LogP contribution in [-0.4, -0.2) is 40.1 Å². The lowest BCUT2D eigenvalue weighted by atomic mass is 10.1. The largest absolute Gasteiger partial charge is 0.497 e. The van der Waals surface area contributed by atoms with E-state index in [1.165, 1.54) is 11.8 Å². The molecule has 1 amide bonds. The highest BCUT2D eigenvalue weighted by atomic mass is 32.2. The van der Waals surface area contributed by atoms with Gasteiger partial charge in [0, 0.05) is 12.5 Å². The predicted octanol–water partition coefficient (Wildman–Crippen LogP) is 3.60. The van der Waals surface area contributed by atoms with E-state index < -0.39 is 0 Å². The van der Waals surface area contributed by atoms with Gasteiger partial charge in [-0.1, -0.05) is 42.1 Å². The fraction of sp³-hybridized carbons (Fsp3) is 0.318. The number of carbonyl (C=O) groups excluding carboxylic acids is 1. The van der Waals surface area contributed by atoms with Crippen LogP contribution in [0.15, 0.2) is 59.8 Å². The van der Waals surface area contributed by atoms with E-state index in [9.17, 15) is 4.79 Å². The summed E-state index contributed by atoms with van der Waals surface area (Å²) >= 11 is 1.38. The molecule has 3 aromatic rings. The van der Waals surface area contributed by atoms with E-state index in [1.807, 2.05) is 59.3 Å². The average Bonchev–Trinajstić information content (AvgIpc) is 3.52. The molecule has 1 aromatic heterocycles. The molecule has 1 N–H and O–H groups in total. The number of thioether (sulfide) groups is 1. The van der Waals surface area contributed by atoms with Gasteiger partial charge in [-0.15, -0.1) is 5.10 Å². The first-order valence-electron chi connectivity index (χ1n) is 9.78. The van der Waals surface area contributed by atoms with Crippen molar-refractivity contribution >= 4 is 17.7 Å². The van der Waals surface area contributed by atoms with Crippen molar-refractivity contribution in [2.75, 3.05) is 19.4 Å². The van der Waals surface area contributed by atoms with Gasteiger partial charge in [0.2, 0.25) is 11.1 Å². The molecule has 0 saturated heterocycles. The molecule has 1 saturated carbocycles. The van der Waals surface area contributed by atoms with Crippen LogP contribution >= 0.6 is 11.8 Å². The first-order valence-corrected chi connectivity index (χ1v) is 10.8. The number of methoxy groups -OCH3 is 1. The van der Waals surface area contributed by atoms with Gasteiger partial charge in [-0.2, -0.15) is 0 Å². The second kappa shape index (κ2) is 9.13. The second-order valence-corrected chi connectivity index (χ2v) is 7.95. The highest BCUT2D eigenvalue weighted by molar-refractivity contribution is 7.99. The zero-order valence-corrected chi connectivity index (χ0v) is 17.2. The minimum Gasteiger partial charge on any atom is -0.497 e. The van der Waals surface area contributed by atoms with Crippen molar-refractivity contribution in [3.63, 3.8) is 0 Å². The van der Waals surface area contributed by atoms with Gasteiger partial charge in [0.1, 0.15) is 11.6 Å². The molecule has 2 aromatic carbocycles. The maximum absolute atomic E-state index is 12.2. The molecule has 0 atom stereocenters. The van der Waals surface area contributed by atoms with E-state index in [1.54, 1.807) is 7.11 Å². The van der Waals surface area contributed by atoms with Crippen molar-refractivity contribution in [3.8, 4) is 11.4 Å². The van der Waals surface area contributed by atoms with Gasteiger partial charge in [0.05, 0.1) is 18.6 Å². The van der Waals surface area contributed by atoms with Crippen LogP contribution in [0.25, 0.3) is 5.69 Å². The average molecular weight is 409 g/mol. The van der Waals surface area contributed by atoms with Crippen LogP contribution < -0.4 is 10.1 Å². The fourth-order valence-electron chi connectivity index (χ4n) is 3.05. The number of ether oxygens (including phenoxy) is 1. The third-order valence-electron chi connectivity index (χ3n) is 4.78. The number of hydrogen-bond acceptors (Lipinski definition) is 5. The molecule has 4 rings (SSSR count). The van der Waals surface area contributed by atoms with Crippen molar-refractivity contribution in [1.82, 2.24) is 20.1 Å². The smallest absolute Gasteiger partial charge is 0.230 e. The number of amides is 1. The van der Waals surface area contributed by atoms with Gasteiger partial charge in [-0.3, -0.25) is 4.79 Å². The minimum absolute atomic E-state index is 0.00690. The molecule has 1 heterocycles. The number of hydrogen-bond donors (Lipinski definition) is 1. The van der Waals surface area contributed by atoms with Crippen LogP contribution in [0.2, 0.25) is 0 Å². The molecule has 6 nitrogen and oxygen atoms in total. The number of aromatic nitrogens is 3. The van der Waals surface area contributed by atoms with E-state index >= 15 is 0 Å². The highest BCUT2D eigenvalue weighted by Gasteiger charge is 2.30. The van der Waals surface area contributed by atoms with Gasteiger partial charge in [0.25, 0.3) is 0 Å². The molecule has 0 radical (unpaired) electrons. The Morgan fingerprint density at radius 1 is 1.17 bits per heavy atom. The molecule has 0 spiro atoms. The summed E-state index contributed by atoms with van der Waals surface area (Å²) in [6, 6.07) is 17.9. The standard InChI is InChI=1S/C22H24N4O2S/c1-28-19-11-7-16(8-12-19)13-14-23-20(27)15-29-22-24-21(17-9-10-17)26(25-22)18-5-3-2-4-6-18/h2-8,11-12,17H,9-10,13-15H2,1H3,(H,23,27). The maximum atomic E-state index is 12.2. The van der Waals surface area contributed by atoms with Crippen molar-refractivity contribution in [2.45, 2.75) is 30.3 Å². The van der Waals surface area contributed by atoms with Crippen molar-refractivity contribution in [2.24, 2.45) is 0 Å². The Hall–Kier alpha value is -2.80. The summed E-state index contributed by atoms with van der Waals surface area (Å²) in [6.07, 6.45) is 3.09. The quantitative estimate of drug-likeness (QED) is 0.548. The van der Waals surface area contributed by atoms with Crippen LogP contribution in [0.4, 0.5) is 0 Å². The fourth-order valence-corrected chi connectivity index (χ4v) is 3.71. The van der Waals surface area contributed by atoms with E-state index in [2.05, 4.69) is 15.4 Å². The maximum Gasteiger partial charge on any atom is 0.230 e. The van der Waals surface area contributed by atoms with E-state index in [0.29, 0.717) is 23.4 Å². The Labute approximate surface area is 174 Å². The SMILES string of the molecule is COc1ccc(CCNC(=O)CSc2nc(C3CC3)n(-c3ccccc3)n2)cc1. The minimum atomic E-state index is -0.00690. The Morgan fingerprint density at radius 2 is 1.93 bits per heavy atom. The summed E-state index contributed by atoms with van der Waals surface area (Å²) in [6.45, 7) is 0.602. The molecule has 0 aliphatic heterocycles. The molecule has 0 bridgehead atoms. The molecule has 150 valence electrons. The zero-order chi connectivity index (χ0) is 20.1. The molecule has 1 aliphatic carbocycles. The third-order valence-corrected chi connectivity index (χ3v) is 5.62. The molecular formula is C22H24N4O2S. The molecule has 1 aliphatic rings. The second-order valence-electron chi connectivity index (χ2n) is 7.01. The number of nitrogens with zero attached hydrogens (tertiary/aromatic N) is 3. The summed E-state index contributed by atoms with van der Waals surface area (Å²) in [5.74, 6) is 2.62. The van der Waals surface area contributed by atoms with Crippen LogP contribution in [0.1, 0.15) is 30.1 Å². The Balaban J connectivity index is 1.29. The lowest BCUT2D eigenvalue weighted by molar-refractivity contribution is -0.118. The van der Waals surface area contributed by atoms with E-state index in [-0.39, 0.29) is 5.91 Å². The van der Waals surface area contributed by atoms with Crippen LogP contribution in [0.5, 0.6) is 5.75 Å². The van der Waals surface area contributed by atoms with Crippen LogP contribution in [-0.2, 0) is 11.2 Å². The van der Waals surface area contributed by atoms with Crippen molar-refractivity contribution < 1.29 is 9.53 Å². The van der Waals surface area contributed by atoms with Crippen LogP contribution in [0.3, 0.4) is 0 Å². The first kappa shape index (κ1) is 19.5. The zero-order valence-electron chi connectivity index (χ0n) is 16.4. The molecule has 0 unspecified atom stereocenters. The topological polar surface area (TPSA) is 69.0 Å². The Kier molecular flexibility index (Phi) is 6.14. The number of benzene rings is 2. The molecule has 7 heteroatoms. The predicted molar refractivity (Wildman–Crippen MR) is 114 cm³/mol. The summed E-state index contributed by atoms with van der Waals surface area (Å²) in [5.41, 5.74) is 2.17. The molecule has 29 heavy (non-hydrogen) atoms. The van der Waals surface area contributed by atoms with E-state index in [4.69, 9.17) is 4.74 Å². The van der Waals surface area contributed by atoms with Gasteiger partial charge in [-0.25, -0.2) is 9.67 Å². The number of rotatable bonds is 9. The summed E-state index contributed by atoms with van der Waals surface area (Å²) < 4.78 is 7.07. The van der Waals surface area contributed by atoms with Gasteiger partial charge in [0.15, 0.2) is 0 Å². The Morgan fingerprint density at radius 3 is 2.62 bits per heavy atom. The van der Waals surface area contributed by atoms with Gasteiger partial charge >= 0.3 is 0 Å². The van der Waals surface area contributed by atoms with Gasteiger partial charge < -0.3 is 10.1 Å². The van der Waals surface area contributed by atoms with Gasteiger partial charge in [-0.05, 0) is 49.1 Å². The van der Waals surface area contributed by atoms with Crippen LogP contribution in [0, 0.1) is 0 Å². The van der Waals surface area contributed by atoms with E-state index in [0.717, 1.165) is 42.1 Å². The number of carbonyl (C=O) groups is 1. The summed E-state index contributed by atoms with van der Waals surface area (Å²) in [7, 11) is 1.65. The lowest BCUT2D eigenvalue weighted by Crippen LogP contribution is -2.27. The van der Waals surface area contributed by atoms with Crippen molar-refractivity contribution in [1.29, 1.82) is 0 Å². The summed E-state index contributed by atoms with van der Waals surface area (Å²) in [4.78, 5) is 16.9. The monoisotopic (exact) mass is 408 g/mol. The Bertz CT molecular complexity index is 953.